The fourth-order valence-corrected chi connectivity index (χ4v) is 4.26. The molecule has 0 bridgehead atoms. The molecule has 1 fully saturated rings. The predicted molar refractivity (Wildman–Crippen MR) is 91.1 cm³/mol. The number of aryl methyl sites for hydroxylation is 1. The fraction of sp³-hybridized carbons (Fsp3) is 0.438. The fourth-order valence-electron chi connectivity index (χ4n) is 3.22. The van der Waals surface area contributed by atoms with Gasteiger partial charge in [-0.15, -0.1) is 0 Å². The van der Waals surface area contributed by atoms with E-state index >= 15 is 0 Å². The van der Waals surface area contributed by atoms with Crippen molar-refractivity contribution in [3.63, 3.8) is 0 Å². The summed E-state index contributed by atoms with van der Waals surface area (Å²) in [6.45, 7) is 0. The highest BCUT2D eigenvalue weighted by molar-refractivity contribution is 7.90. The molecule has 0 saturated heterocycles. The van der Waals surface area contributed by atoms with Gasteiger partial charge < -0.3 is 4.57 Å². The van der Waals surface area contributed by atoms with Gasteiger partial charge in [-0.05, 0) is 25.0 Å². The number of anilines is 1. The second-order valence-corrected chi connectivity index (χ2v) is 7.53. The number of hydrogen-bond donors (Lipinski definition) is 1. The molecule has 1 saturated carbocycles. The summed E-state index contributed by atoms with van der Waals surface area (Å²) in [6, 6.07) is 7.35. The van der Waals surface area contributed by atoms with Gasteiger partial charge in [0.2, 0.25) is 0 Å². The van der Waals surface area contributed by atoms with Gasteiger partial charge in [0.1, 0.15) is 0 Å². The Morgan fingerprint density at radius 2 is 1.83 bits per heavy atom. The van der Waals surface area contributed by atoms with E-state index in [1.165, 1.54) is 4.31 Å². The zero-order valence-electron chi connectivity index (χ0n) is 13.2. The van der Waals surface area contributed by atoms with E-state index in [0.717, 1.165) is 43.4 Å². The monoisotopic (exact) mass is 334 g/mol. The molecule has 1 aromatic heterocycles. The Bertz CT molecular complexity index is 762. The molecule has 0 radical (unpaired) electrons. The minimum Gasteiger partial charge on any atom is -0.340 e. The third-order valence-electron chi connectivity index (χ3n) is 4.30. The van der Waals surface area contributed by atoms with Crippen molar-refractivity contribution >= 4 is 15.9 Å². The number of imidazole rings is 1. The minimum absolute atomic E-state index is 0.0422. The van der Waals surface area contributed by atoms with E-state index in [1.54, 1.807) is 6.33 Å². The van der Waals surface area contributed by atoms with E-state index in [1.807, 2.05) is 42.1 Å². The van der Waals surface area contributed by atoms with Crippen molar-refractivity contribution in [2.45, 2.75) is 38.1 Å². The summed E-state index contributed by atoms with van der Waals surface area (Å²) in [6.07, 6.45) is 8.63. The van der Waals surface area contributed by atoms with Crippen LogP contribution >= 0.6 is 0 Å². The second-order valence-electron chi connectivity index (χ2n) is 6.10. The first-order chi connectivity index (χ1) is 10.9. The van der Waals surface area contributed by atoms with Crippen LogP contribution in [0.2, 0.25) is 0 Å². The van der Waals surface area contributed by atoms with Gasteiger partial charge in [-0.1, -0.05) is 31.4 Å². The van der Waals surface area contributed by atoms with Gasteiger partial charge in [0.25, 0.3) is 10.2 Å². The number of benzene rings is 1. The Labute approximate surface area is 137 Å². The molecule has 6 nitrogen and oxygen atoms in total. The molecule has 0 amide bonds. The van der Waals surface area contributed by atoms with Gasteiger partial charge in [-0.2, -0.15) is 8.42 Å². The average molecular weight is 334 g/mol. The summed E-state index contributed by atoms with van der Waals surface area (Å²) in [5.74, 6) is 0. The number of aromatic nitrogens is 2. The normalized spacial score (nSPS) is 16.4. The van der Waals surface area contributed by atoms with Crippen LogP contribution < -0.4 is 9.44 Å². The molecule has 2 aromatic rings. The lowest BCUT2D eigenvalue weighted by Gasteiger charge is -2.33. The molecule has 124 valence electrons. The Morgan fingerprint density at radius 3 is 2.35 bits per heavy atom. The molecule has 1 aromatic carbocycles. The molecule has 3 rings (SSSR count). The van der Waals surface area contributed by atoms with Crippen LogP contribution in [-0.4, -0.2) is 24.0 Å². The number of hydrogen-bond acceptors (Lipinski definition) is 3. The molecule has 0 aliphatic heterocycles. The van der Waals surface area contributed by atoms with Gasteiger partial charge in [-0.3, -0.25) is 4.31 Å². The van der Waals surface area contributed by atoms with E-state index in [0.29, 0.717) is 5.69 Å². The number of rotatable bonds is 4. The maximum absolute atomic E-state index is 12.1. The molecule has 0 unspecified atom stereocenters. The molecule has 2 N–H and O–H groups in total. The molecule has 1 aliphatic carbocycles. The highest BCUT2D eigenvalue weighted by atomic mass is 32.2. The van der Waals surface area contributed by atoms with Gasteiger partial charge in [0.05, 0.1) is 17.7 Å². The van der Waals surface area contributed by atoms with Crippen molar-refractivity contribution < 1.29 is 8.42 Å². The van der Waals surface area contributed by atoms with Crippen molar-refractivity contribution in [1.82, 2.24) is 9.55 Å². The standard InChI is InChI=1S/C16H22N4O2S/c1-19-11-16(18-12-19)13-7-9-15(10-8-13)20(23(17,21)22)14-5-3-2-4-6-14/h7-12,14H,2-6H2,1H3,(H2,17,21,22). The first-order valence-electron chi connectivity index (χ1n) is 7.86. The van der Waals surface area contributed by atoms with Crippen LogP contribution in [0.25, 0.3) is 11.3 Å². The predicted octanol–water partition coefficient (Wildman–Crippen LogP) is 2.43. The smallest absolute Gasteiger partial charge is 0.299 e. The number of nitrogens with zero attached hydrogens (tertiary/aromatic N) is 3. The van der Waals surface area contributed by atoms with Crippen molar-refractivity contribution in [1.29, 1.82) is 0 Å². The topological polar surface area (TPSA) is 81.2 Å². The summed E-state index contributed by atoms with van der Waals surface area (Å²) in [5.41, 5.74) is 2.44. The molecular formula is C16H22N4O2S. The van der Waals surface area contributed by atoms with Crippen LogP contribution in [0.5, 0.6) is 0 Å². The maximum atomic E-state index is 12.1. The van der Waals surface area contributed by atoms with Gasteiger partial charge in [0.15, 0.2) is 0 Å². The summed E-state index contributed by atoms with van der Waals surface area (Å²) >= 11 is 0. The first-order valence-corrected chi connectivity index (χ1v) is 9.36. The van der Waals surface area contributed by atoms with Crippen LogP contribution in [0.1, 0.15) is 32.1 Å². The van der Waals surface area contributed by atoms with Crippen LogP contribution in [0, 0.1) is 0 Å². The van der Waals surface area contributed by atoms with Crippen molar-refractivity contribution in [2.24, 2.45) is 12.2 Å². The quantitative estimate of drug-likeness (QED) is 0.932. The van der Waals surface area contributed by atoms with E-state index in [2.05, 4.69) is 4.98 Å². The number of nitrogens with two attached hydrogens (primary N) is 1. The highest BCUT2D eigenvalue weighted by Gasteiger charge is 2.28. The lowest BCUT2D eigenvalue weighted by atomic mass is 9.95. The largest absolute Gasteiger partial charge is 0.340 e. The lowest BCUT2D eigenvalue weighted by Crippen LogP contribution is -2.45. The maximum Gasteiger partial charge on any atom is 0.299 e. The third kappa shape index (κ3) is 3.56. The van der Waals surface area contributed by atoms with Crippen molar-refractivity contribution in [2.75, 3.05) is 4.31 Å². The summed E-state index contributed by atoms with van der Waals surface area (Å²) in [5, 5.41) is 5.48. The molecule has 7 heteroatoms. The summed E-state index contributed by atoms with van der Waals surface area (Å²) in [4.78, 5) is 4.31. The molecular weight excluding hydrogens is 312 g/mol. The zero-order chi connectivity index (χ0) is 16.4. The van der Waals surface area contributed by atoms with E-state index in [9.17, 15) is 8.42 Å². The molecule has 0 atom stereocenters. The van der Waals surface area contributed by atoms with Gasteiger partial charge >= 0.3 is 0 Å². The Hall–Kier alpha value is -1.86. The van der Waals surface area contributed by atoms with E-state index in [4.69, 9.17) is 5.14 Å². The molecule has 0 spiro atoms. The summed E-state index contributed by atoms with van der Waals surface area (Å²) < 4.78 is 27.4. The SMILES string of the molecule is Cn1cnc(-c2ccc(N(C3CCCCC3)S(N)(=O)=O)cc2)c1. The van der Waals surface area contributed by atoms with Crippen molar-refractivity contribution in [3.05, 3.63) is 36.8 Å². The first kappa shape index (κ1) is 16.0. The Kier molecular flexibility index (Phi) is 4.41. The summed E-state index contributed by atoms with van der Waals surface area (Å²) in [7, 11) is -1.86. The highest BCUT2D eigenvalue weighted by Crippen LogP contribution is 2.30. The molecule has 1 heterocycles. The van der Waals surface area contributed by atoms with Crippen molar-refractivity contribution in [3.8, 4) is 11.3 Å². The zero-order valence-corrected chi connectivity index (χ0v) is 14.0. The Morgan fingerprint density at radius 1 is 1.17 bits per heavy atom. The van der Waals surface area contributed by atoms with Gasteiger partial charge in [-0.25, -0.2) is 10.1 Å². The van der Waals surface area contributed by atoms with Crippen LogP contribution in [0.4, 0.5) is 5.69 Å². The van der Waals surface area contributed by atoms with Crippen LogP contribution in [0.15, 0.2) is 36.8 Å². The van der Waals surface area contributed by atoms with Gasteiger partial charge in [0, 0.05) is 24.8 Å². The molecule has 1 aliphatic rings. The average Bonchev–Trinajstić information content (AvgIpc) is 2.94. The molecule has 23 heavy (non-hydrogen) atoms. The Balaban J connectivity index is 1.90. The minimum atomic E-state index is -3.78. The van der Waals surface area contributed by atoms with Crippen LogP contribution in [0.3, 0.4) is 0 Å². The van der Waals surface area contributed by atoms with E-state index in [-0.39, 0.29) is 6.04 Å². The lowest BCUT2D eigenvalue weighted by molar-refractivity contribution is 0.438. The van der Waals surface area contributed by atoms with Crippen LogP contribution in [-0.2, 0) is 17.3 Å². The third-order valence-corrected chi connectivity index (χ3v) is 5.36. The second kappa shape index (κ2) is 6.33. The van der Waals surface area contributed by atoms with E-state index < -0.39 is 10.2 Å².